The molecule has 0 radical (unpaired) electrons. The van der Waals surface area contributed by atoms with E-state index in [9.17, 15) is 4.79 Å². The Morgan fingerprint density at radius 3 is 2.88 bits per heavy atom. The zero-order chi connectivity index (χ0) is 11.8. The van der Waals surface area contributed by atoms with Gasteiger partial charge in [-0.15, -0.1) is 10.2 Å². The first-order valence-electron chi connectivity index (χ1n) is 4.99. The van der Waals surface area contributed by atoms with Gasteiger partial charge in [0.15, 0.2) is 5.69 Å². The number of hydrogen-bond donors (Lipinski definition) is 2. The van der Waals surface area contributed by atoms with E-state index in [1.54, 1.807) is 6.07 Å². The topological polar surface area (TPSA) is 100 Å². The summed E-state index contributed by atoms with van der Waals surface area (Å²) in [5.41, 5.74) is 1.65. The highest BCUT2D eigenvalue weighted by atomic mass is 16.1. The molecule has 0 atom stereocenters. The minimum Gasteiger partial charge on any atom is -0.287 e. The van der Waals surface area contributed by atoms with Crippen molar-refractivity contribution in [2.75, 3.05) is 0 Å². The minimum atomic E-state index is -0.205. The number of aryl methyl sites for hydroxylation is 1. The smallest absolute Gasteiger partial charge is 0.228 e. The first-order chi connectivity index (χ1) is 8.27. The van der Waals surface area contributed by atoms with E-state index in [0.29, 0.717) is 5.39 Å². The van der Waals surface area contributed by atoms with Gasteiger partial charge in [-0.2, -0.15) is 10.3 Å². The van der Waals surface area contributed by atoms with Gasteiger partial charge in [-0.25, -0.2) is 0 Å². The van der Waals surface area contributed by atoms with Crippen molar-refractivity contribution in [1.82, 2.24) is 30.8 Å². The molecule has 0 aliphatic carbocycles. The summed E-state index contributed by atoms with van der Waals surface area (Å²) in [4.78, 5) is 12.2. The maximum atomic E-state index is 12.2. The predicted octanol–water partition coefficient (Wildman–Crippen LogP) is 0.412. The molecule has 84 valence electrons. The number of para-hydroxylation sites is 1. The van der Waals surface area contributed by atoms with Crippen LogP contribution < -0.4 is 5.43 Å². The number of aromatic amines is 2. The highest BCUT2D eigenvalue weighted by Crippen LogP contribution is 2.13. The summed E-state index contributed by atoms with van der Waals surface area (Å²) in [5, 5.41) is 20.6. The van der Waals surface area contributed by atoms with Crippen LogP contribution in [-0.4, -0.2) is 30.8 Å². The fourth-order valence-electron chi connectivity index (χ4n) is 1.71. The Kier molecular flexibility index (Phi) is 1.97. The minimum absolute atomic E-state index is 0.164. The maximum Gasteiger partial charge on any atom is 0.228 e. The monoisotopic (exact) mass is 228 g/mol. The first-order valence-corrected chi connectivity index (χ1v) is 4.99. The van der Waals surface area contributed by atoms with E-state index in [0.717, 1.165) is 11.1 Å². The zero-order valence-corrected chi connectivity index (χ0v) is 8.93. The SMILES string of the molecule is Cc1cccc2c(=O)c(-c3nn[nH]n3)n[nH]c12. The summed E-state index contributed by atoms with van der Waals surface area (Å²) in [6.07, 6.45) is 0. The highest BCUT2D eigenvalue weighted by molar-refractivity contribution is 5.83. The molecule has 0 fully saturated rings. The van der Waals surface area contributed by atoms with Crippen molar-refractivity contribution >= 4 is 10.9 Å². The summed E-state index contributed by atoms with van der Waals surface area (Å²) < 4.78 is 0. The molecular weight excluding hydrogens is 220 g/mol. The molecule has 0 saturated heterocycles. The lowest BCUT2D eigenvalue weighted by atomic mass is 10.1. The van der Waals surface area contributed by atoms with E-state index in [1.165, 1.54) is 0 Å². The Morgan fingerprint density at radius 2 is 2.12 bits per heavy atom. The fraction of sp³-hybridized carbons (Fsp3) is 0.100. The highest BCUT2D eigenvalue weighted by Gasteiger charge is 2.13. The summed E-state index contributed by atoms with van der Waals surface area (Å²) in [7, 11) is 0. The van der Waals surface area contributed by atoms with Gasteiger partial charge in [0.05, 0.1) is 5.52 Å². The number of nitrogens with one attached hydrogen (secondary N) is 2. The number of aromatic nitrogens is 6. The van der Waals surface area contributed by atoms with Gasteiger partial charge in [-0.3, -0.25) is 9.89 Å². The van der Waals surface area contributed by atoms with Gasteiger partial charge in [0.25, 0.3) is 0 Å². The zero-order valence-electron chi connectivity index (χ0n) is 8.93. The van der Waals surface area contributed by atoms with E-state index in [4.69, 9.17) is 0 Å². The third-order valence-electron chi connectivity index (χ3n) is 2.57. The van der Waals surface area contributed by atoms with Crippen molar-refractivity contribution in [2.45, 2.75) is 6.92 Å². The number of rotatable bonds is 1. The molecule has 0 aliphatic rings. The fourth-order valence-corrected chi connectivity index (χ4v) is 1.71. The normalized spacial score (nSPS) is 10.9. The van der Waals surface area contributed by atoms with E-state index < -0.39 is 0 Å². The number of tetrazole rings is 1. The van der Waals surface area contributed by atoms with Crippen molar-refractivity contribution in [3.05, 3.63) is 34.0 Å². The van der Waals surface area contributed by atoms with E-state index in [1.807, 2.05) is 19.1 Å². The second-order valence-corrected chi connectivity index (χ2v) is 3.63. The van der Waals surface area contributed by atoms with E-state index >= 15 is 0 Å². The number of benzene rings is 1. The third kappa shape index (κ3) is 1.40. The van der Waals surface area contributed by atoms with Crippen molar-refractivity contribution in [1.29, 1.82) is 0 Å². The summed E-state index contributed by atoms with van der Waals surface area (Å²) >= 11 is 0. The van der Waals surface area contributed by atoms with Crippen LogP contribution in [0.25, 0.3) is 22.4 Å². The lowest BCUT2D eigenvalue weighted by Gasteiger charge is -2.01. The Labute approximate surface area is 94.9 Å². The van der Waals surface area contributed by atoms with Gasteiger partial charge in [-0.05, 0) is 23.8 Å². The molecule has 2 aromatic heterocycles. The summed E-state index contributed by atoms with van der Waals surface area (Å²) in [5.74, 6) is 0.189. The summed E-state index contributed by atoms with van der Waals surface area (Å²) in [6.45, 7) is 1.91. The lowest BCUT2D eigenvalue weighted by molar-refractivity contribution is 0.881. The second-order valence-electron chi connectivity index (χ2n) is 3.63. The molecule has 0 saturated carbocycles. The van der Waals surface area contributed by atoms with Gasteiger partial charge in [0.1, 0.15) is 0 Å². The van der Waals surface area contributed by atoms with Crippen LogP contribution in [0.4, 0.5) is 0 Å². The molecule has 7 heteroatoms. The predicted molar refractivity (Wildman–Crippen MR) is 60.3 cm³/mol. The Hall–Kier alpha value is -2.57. The maximum absolute atomic E-state index is 12.2. The first kappa shape index (κ1) is 9.64. The van der Waals surface area contributed by atoms with Crippen molar-refractivity contribution < 1.29 is 0 Å². The molecular formula is C10H8N6O. The molecule has 3 aromatic rings. The van der Waals surface area contributed by atoms with Crippen LogP contribution in [-0.2, 0) is 0 Å². The number of fused-ring (bicyclic) bond motifs is 1. The lowest BCUT2D eigenvalue weighted by Crippen LogP contribution is -2.11. The quantitative estimate of drug-likeness (QED) is 0.628. The molecule has 17 heavy (non-hydrogen) atoms. The van der Waals surface area contributed by atoms with Crippen LogP contribution in [0.2, 0.25) is 0 Å². The largest absolute Gasteiger partial charge is 0.287 e. The molecule has 0 amide bonds. The van der Waals surface area contributed by atoms with Crippen molar-refractivity contribution in [2.24, 2.45) is 0 Å². The molecule has 0 bridgehead atoms. The third-order valence-corrected chi connectivity index (χ3v) is 2.57. The van der Waals surface area contributed by atoms with Gasteiger partial charge in [0, 0.05) is 5.39 Å². The van der Waals surface area contributed by atoms with Crippen LogP contribution in [0.15, 0.2) is 23.0 Å². The molecule has 3 rings (SSSR count). The number of hydrogen-bond acceptors (Lipinski definition) is 5. The van der Waals surface area contributed by atoms with Crippen molar-refractivity contribution in [3.8, 4) is 11.5 Å². The molecule has 2 N–H and O–H groups in total. The van der Waals surface area contributed by atoms with Crippen LogP contribution in [0, 0.1) is 6.92 Å². The van der Waals surface area contributed by atoms with E-state index in [-0.39, 0.29) is 16.9 Å². The number of H-pyrrole nitrogens is 2. The molecule has 7 nitrogen and oxygen atoms in total. The Bertz CT molecular complexity index is 730. The van der Waals surface area contributed by atoms with Crippen LogP contribution in [0.3, 0.4) is 0 Å². The van der Waals surface area contributed by atoms with E-state index in [2.05, 4.69) is 30.8 Å². The molecule has 0 spiro atoms. The standard InChI is InChI=1S/C10H8N6O/c1-5-3-2-4-6-7(5)11-12-8(9(6)17)10-13-15-16-14-10/h2-4H,1H3,(H,11,17)(H,13,14,15,16). The number of nitrogens with zero attached hydrogens (tertiary/aromatic N) is 4. The average molecular weight is 228 g/mol. The average Bonchev–Trinajstić information content (AvgIpc) is 2.84. The second kappa shape index (κ2) is 3.48. The van der Waals surface area contributed by atoms with Gasteiger partial charge in [0.2, 0.25) is 11.3 Å². The van der Waals surface area contributed by atoms with Crippen LogP contribution >= 0.6 is 0 Å². The van der Waals surface area contributed by atoms with Crippen molar-refractivity contribution in [3.63, 3.8) is 0 Å². The Morgan fingerprint density at radius 1 is 1.24 bits per heavy atom. The van der Waals surface area contributed by atoms with Gasteiger partial charge in [-0.1, -0.05) is 12.1 Å². The summed E-state index contributed by atoms with van der Waals surface area (Å²) in [6, 6.07) is 5.48. The Balaban J connectivity index is 2.38. The molecule has 1 aromatic carbocycles. The van der Waals surface area contributed by atoms with Gasteiger partial charge < -0.3 is 0 Å². The van der Waals surface area contributed by atoms with Crippen LogP contribution in [0.1, 0.15) is 5.56 Å². The molecule has 0 aliphatic heterocycles. The van der Waals surface area contributed by atoms with Crippen LogP contribution in [0.5, 0.6) is 0 Å². The van der Waals surface area contributed by atoms with Gasteiger partial charge >= 0.3 is 0 Å². The molecule has 2 heterocycles. The molecule has 0 unspecified atom stereocenters.